The molecule has 0 radical (unpaired) electrons. The third kappa shape index (κ3) is 15.3. The molecule has 2 aliphatic heterocycles. The molecule has 11 heteroatoms. The van der Waals surface area contributed by atoms with Crippen LogP contribution in [0.3, 0.4) is 0 Å². The van der Waals surface area contributed by atoms with E-state index in [1.54, 1.807) is 7.11 Å². The predicted octanol–water partition coefficient (Wildman–Crippen LogP) is 10.8. The van der Waals surface area contributed by atoms with Gasteiger partial charge in [-0.3, -0.25) is 0 Å². The van der Waals surface area contributed by atoms with E-state index in [0.29, 0.717) is 26.4 Å². The first-order chi connectivity index (χ1) is 36.2. The van der Waals surface area contributed by atoms with E-state index in [0.717, 1.165) is 38.9 Å². The summed E-state index contributed by atoms with van der Waals surface area (Å²) in [6.45, 7) is 2.25. The standard InChI is InChI=1S/C62H66O11/c1-63-61-59(69-42-51-33-19-7-20-34-51)57(67-40-49-29-15-5-16-30-49)56(66-39-48-27-13-4-14-28-48)54(72-61)45-71-62-60(70-43-52-35-21-8-22-36-52)58(68-41-50-31-17-6-18-32-50)55(65-38-47-25-11-3-12-26-47)53(73-62)44-64-37-46-23-9-2-10-24-46/h2-36,53-62H,37-45H2,1H3/t53-,54-,55+,56+,57+,58+,59-,60-,61-,62+/m1/s1. The number of hydrogen-bond acceptors (Lipinski definition) is 11. The maximum Gasteiger partial charge on any atom is 0.187 e. The molecule has 0 amide bonds. The molecule has 2 fully saturated rings. The average molecular weight is 987 g/mol. The van der Waals surface area contributed by atoms with Crippen LogP contribution in [0, 0.1) is 0 Å². The van der Waals surface area contributed by atoms with E-state index in [1.807, 2.05) is 212 Å². The first-order valence-electron chi connectivity index (χ1n) is 25.2. The molecule has 73 heavy (non-hydrogen) atoms. The number of ether oxygens (including phenoxy) is 11. The quantitative estimate of drug-likeness (QED) is 0.0518. The molecule has 7 aromatic rings. The first-order valence-corrected chi connectivity index (χ1v) is 25.2. The fourth-order valence-electron chi connectivity index (χ4n) is 9.14. The van der Waals surface area contributed by atoms with Crippen molar-refractivity contribution in [2.75, 3.05) is 20.3 Å². The summed E-state index contributed by atoms with van der Waals surface area (Å²) < 4.78 is 75.2. The summed E-state index contributed by atoms with van der Waals surface area (Å²) in [6, 6.07) is 70.4. The Labute approximate surface area is 429 Å². The second-order valence-electron chi connectivity index (χ2n) is 18.2. The Balaban J connectivity index is 1.05. The smallest absolute Gasteiger partial charge is 0.187 e. The first kappa shape index (κ1) is 52.0. The van der Waals surface area contributed by atoms with Crippen molar-refractivity contribution in [1.29, 1.82) is 0 Å². The van der Waals surface area contributed by atoms with Gasteiger partial charge in [0.2, 0.25) is 0 Å². The van der Waals surface area contributed by atoms with Crippen LogP contribution in [0.5, 0.6) is 0 Å². The highest BCUT2D eigenvalue weighted by Crippen LogP contribution is 2.35. The van der Waals surface area contributed by atoms with Gasteiger partial charge in [0.25, 0.3) is 0 Å². The van der Waals surface area contributed by atoms with E-state index >= 15 is 0 Å². The lowest BCUT2D eigenvalue weighted by Gasteiger charge is -2.48. The molecule has 0 aliphatic carbocycles. The molecule has 0 unspecified atom stereocenters. The van der Waals surface area contributed by atoms with Gasteiger partial charge in [-0.25, -0.2) is 0 Å². The Hall–Kier alpha value is -5.90. The molecule has 0 spiro atoms. The van der Waals surface area contributed by atoms with Gasteiger partial charge in [-0.15, -0.1) is 0 Å². The van der Waals surface area contributed by atoms with Crippen LogP contribution in [0.2, 0.25) is 0 Å². The van der Waals surface area contributed by atoms with Crippen molar-refractivity contribution in [3.8, 4) is 0 Å². The molecule has 0 aromatic heterocycles. The van der Waals surface area contributed by atoms with Crippen LogP contribution >= 0.6 is 0 Å². The molecular weight excluding hydrogens is 921 g/mol. The van der Waals surface area contributed by atoms with Crippen LogP contribution in [0.25, 0.3) is 0 Å². The minimum absolute atomic E-state index is 0.00960. The monoisotopic (exact) mass is 986 g/mol. The highest BCUT2D eigenvalue weighted by Gasteiger charge is 2.52. The van der Waals surface area contributed by atoms with Gasteiger partial charge in [-0.05, 0) is 38.9 Å². The van der Waals surface area contributed by atoms with Crippen LogP contribution in [0.4, 0.5) is 0 Å². The molecular formula is C62H66O11. The predicted molar refractivity (Wildman–Crippen MR) is 276 cm³/mol. The number of rotatable bonds is 26. The summed E-state index contributed by atoms with van der Waals surface area (Å²) in [5, 5.41) is 0. The Bertz CT molecular complexity index is 2560. The topological polar surface area (TPSA) is 102 Å². The molecule has 11 nitrogen and oxygen atoms in total. The van der Waals surface area contributed by atoms with Gasteiger partial charge >= 0.3 is 0 Å². The van der Waals surface area contributed by atoms with Gasteiger partial charge in [0.1, 0.15) is 48.8 Å². The van der Waals surface area contributed by atoms with Crippen molar-refractivity contribution in [2.45, 2.75) is 108 Å². The van der Waals surface area contributed by atoms with Crippen molar-refractivity contribution < 1.29 is 52.1 Å². The summed E-state index contributed by atoms with van der Waals surface area (Å²) >= 11 is 0. The maximum atomic E-state index is 7.10. The maximum absolute atomic E-state index is 7.10. The normalized spacial score (nSPS) is 24.0. The second-order valence-corrected chi connectivity index (χ2v) is 18.2. The fraction of sp³-hybridized carbons (Fsp3) is 0.323. The summed E-state index contributed by atoms with van der Waals surface area (Å²) in [5.41, 5.74) is 7.00. The van der Waals surface area contributed by atoms with E-state index in [2.05, 4.69) is 0 Å². The van der Waals surface area contributed by atoms with Crippen LogP contribution < -0.4 is 0 Å². The van der Waals surface area contributed by atoms with Gasteiger partial charge in [0.05, 0.1) is 59.5 Å². The molecule has 0 bridgehead atoms. The van der Waals surface area contributed by atoms with Crippen LogP contribution in [0.1, 0.15) is 38.9 Å². The van der Waals surface area contributed by atoms with E-state index in [1.165, 1.54) is 0 Å². The SMILES string of the molecule is CO[C@@H]1O[C@H](CO[C@H]2O[C@H](COCc3ccccc3)[C@H](OCc3ccccc3)[C@H](OCc3ccccc3)[C@H]2OCc2ccccc2)[C@H](OCc2ccccc2)[C@H](OCc2ccccc2)[C@H]1OCc1ccccc1. The molecule has 0 N–H and O–H groups in total. The molecule has 2 aliphatic rings. The molecule has 380 valence electrons. The summed E-state index contributed by atoms with van der Waals surface area (Å²) in [5.74, 6) is 0. The van der Waals surface area contributed by atoms with Crippen LogP contribution in [-0.4, -0.2) is 81.7 Å². The van der Waals surface area contributed by atoms with Crippen LogP contribution in [0.15, 0.2) is 212 Å². The zero-order valence-electron chi connectivity index (χ0n) is 41.3. The third-order valence-electron chi connectivity index (χ3n) is 12.9. The second kappa shape index (κ2) is 28.0. The van der Waals surface area contributed by atoms with Gasteiger partial charge in [-0.2, -0.15) is 0 Å². The lowest BCUT2D eigenvalue weighted by molar-refractivity contribution is -0.351. The van der Waals surface area contributed by atoms with E-state index in [9.17, 15) is 0 Å². The fourth-order valence-corrected chi connectivity index (χ4v) is 9.14. The summed E-state index contributed by atoms with van der Waals surface area (Å²) in [6.07, 6.45) is -7.47. The lowest BCUT2D eigenvalue weighted by Crippen LogP contribution is -2.64. The van der Waals surface area contributed by atoms with Crippen molar-refractivity contribution in [3.05, 3.63) is 251 Å². The third-order valence-corrected chi connectivity index (χ3v) is 12.9. The molecule has 9 rings (SSSR count). The van der Waals surface area contributed by atoms with Gasteiger partial charge in [0.15, 0.2) is 12.6 Å². The summed E-state index contributed by atoms with van der Waals surface area (Å²) in [7, 11) is 1.61. The lowest BCUT2D eigenvalue weighted by atomic mass is 9.96. The zero-order valence-corrected chi connectivity index (χ0v) is 41.3. The van der Waals surface area contributed by atoms with Gasteiger partial charge < -0.3 is 52.1 Å². The Morgan fingerprint density at radius 1 is 0.274 bits per heavy atom. The molecule has 10 atom stereocenters. The van der Waals surface area contributed by atoms with Gasteiger partial charge in [0, 0.05) is 7.11 Å². The molecule has 7 aromatic carbocycles. The molecule has 2 saturated heterocycles. The van der Waals surface area contributed by atoms with Crippen LogP contribution in [-0.2, 0) is 98.4 Å². The van der Waals surface area contributed by atoms with Crippen molar-refractivity contribution >= 4 is 0 Å². The highest BCUT2D eigenvalue weighted by atomic mass is 16.7. The van der Waals surface area contributed by atoms with E-state index < -0.39 is 61.4 Å². The summed E-state index contributed by atoms with van der Waals surface area (Å²) in [4.78, 5) is 0. The Kier molecular flexibility index (Phi) is 19.9. The van der Waals surface area contributed by atoms with Crippen molar-refractivity contribution in [2.24, 2.45) is 0 Å². The number of hydrogen-bond donors (Lipinski definition) is 0. The zero-order chi connectivity index (χ0) is 49.7. The largest absolute Gasteiger partial charge is 0.374 e. The number of benzene rings is 7. The molecule has 2 heterocycles. The minimum Gasteiger partial charge on any atom is -0.374 e. The van der Waals surface area contributed by atoms with E-state index in [-0.39, 0.29) is 33.0 Å². The van der Waals surface area contributed by atoms with E-state index in [4.69, 9.17) is 52.1 Å². The van der Waals surface area contributed by atoms with Crippen molar-refractivity contribution in [3.63, 3.8) is 0 Å². The Morgan fingerprint density at radius 2 is 0.534 bits per heavy atom. The number of methoxy groups -OCH3 is 1. The van der Waals surface area contributed by atoms with Crippen molar-refractivity contribution in [1.82, 2.24) is 0 Å². The highest BCUT2D eigenvalue weighted by molar-refractivity contribution is 5.19. The minimum atomic E-state index is -0.999. The molecule has 0 saturated carbocycles. The Morgan fingerprint density at radius 3 is 0.863 bits per heavy atom. The van der Waals surface area contributed by atoms with Gasteiger partial charge in [-0.1, -0.05) is 212 Å². The average Bonchev–Trinajstić information content (AvgIpc) is 3.45.